The van der Waals surface area contributed by atoms with E-state index >= 15 is 0 Å². The second-order valence-corrected chi connectivity index (χ2v) is 4.48. The highest BCUT2D eigenvalue weighted by atomic mass is 16.4. The quantitative estimate of drug-likeness (QED) is 0.762. The average Bonchev–Trinajstić information content (AvgIpc) is 2.53. The molecule has 0 aliphatic heterocycles. The van der Waals surface area contributed by atoms with Gasteiger partial charge in [0.1, 0.15) is 5.52 Å². The fraction of sp³-hybridized carbons (Fsp3) is 0.0667. The highest BCUT2D eigenvalue weighted by molar-refractivity contribution is 5.87. The first-order valence-corrected chi connectivity index (χ1v) is 6.38. The topological polar surface area (TPSA) is 88.0 Å². The van der Waals surface area contributed by atoms with Gasteiger partial charge < -0.3 is 10.4 Å². The maximum absolute atomic E-state index is 10.8. The van der Waals surface area contributed by atoms with Crippen molar-refractivity contribution in [3.63, 3.8) is 0 Å². The molecular formula is C15H12N4O2. The fourth-order valence-electron chi connectivity index (χ4n) is 1.90. The third-order valence-electron chi connectivity index (χ3n) is 3.01. The van der Waals surface area contributed by atoms with Crippen molar-refractivity contribution in [3.05, 3.63) is 59.7 Å². The predicted molar refractivity (Wildman–Crippen MR) is 78.1 cm³/mol. The minimum Gasteiger partial charge on any atom is -0.478 e. The molecule has 6 nitrogen and oxygen atoms in total. The number of nitrogens with zero attached hydrogens (tertiary/aromatic N) is 3. The molecule has 0 amide bonds. The summed E-state index contributed by atoms with van der Waals surface area (Å²) in [5.41, 5.74) is 2.73. The van der Waals surface area contributed by atoms with Crippen molar-refractivity contribution in [2.75, 3.05) is 5.32 Å². The van der Waals surface area contributed by atoms with Crippen LogP contribution in [-0.4, -0.2) is 26.3 Å². The van der Waals surface area contributed by atoms with E-state index in [0.717, 1.165) is 16.6 Å². The van der Waals surface area contributed by atoms with E-state index in [1.165, 1.54) is 0 Å². The van der Waals surface area contributed by atoms with E-state index in [-0.39, 0.29) is 5.56 Å². The van der Waals surface area contributed by atoms with Gasteiger partial charge in [-0.1, -0.05) is 24.3 Å². The number of aromatic carboxylic acids is 1. The molecule has 0 fully saturated rings. The number of hydrogen-bond donors (Lipinski definition) is 2. The predicted octanol–water partition coefficient (Wildman–Crippen LogP) is 2.34. The average molecular weight is 280 g/mol. The van der Waals surface area contributed by atoms with Crippen molar-refractivity contribution in [2.24, 2.45) is 0 Å². The Kier molecular flexibility index (Phi) is 3.42. The van der Waals surface area contributed by atoms with E-state index in [0.29, 0.717) is 12.5 Å². The van der Waals surface area contributed by atoms with Crippen LogP contribution >= 0.6 is 0 Å². The Balaban J connectivity index is 1.72. The number of para-hydroxylation sites is 1. The lowest BCUT2D eigenvalue weighted by Gasteiger charge is -2.05. The molecule has 0 bridgehead atoms. The summed E-state index contributed by atoms with van der Waals surface area (Å²) in [7, 11) is 0. The smallest absolute Gasteiger partial charge is 0.335 e. The highest BCUT2D eigenvalue weighted by Gasteiger charge is 2.03. The summed E-state index contributed by atoms with van der Waals surface area (Å²) in [5, 5.41) is 20.0. The molecule has 21 heavy (non-hydrogen) atoms. The number of fused-ring (bicyclic) bond motifs is 1. The number of aromatic nitrogens is 3. The molecule has 0 aliphatic carbocycles. The molecule has 0 saturated carbocycles. The molecule has 3 rings (SSSR count). The zero-order chi connectivity index (χ0) is 14.7. The molecule has 1 heterocycles. The number of nitrogens with one attached hydrogen (secondary N) is 1. The number of anilines is 1. The van der Waals surface area contributed by atoms with Crippen molar-refractivity contribution >= 4 is 23.0 Å². The maximum atomic E-state index is 10.8. The molecule has 0 unspecified atom stereocenters. The van der Waals surface area contributed by atoms with Crippen LogP contribution in [0.25, 0.3) is 11.0 Å². The van der Waals surface area contributed by atoms with Crippen LogP contribution in [0.15, 0.2) is 48.5 Å². The Morgan fingerprint density at radius 1 is 1.00 bits per heavy atom. The van der Waals surface area contributed by atoms with Gasteiger partial charge in [0.15, 0.2) is 0 Å². The second-order valence-electron chi connectivity index (χ2n) is 4.48. The van der Waals surface area contributed by atoms with Crippen molar-refractivity contribution in [3.8, 4) is 0 Å². The first kappa shape index (κ1) is 13.0. The van der Waals surface area contributed by atoms with Crippen molar-refractivity contribution in [1.29, 1.82) is 0 Å². The lowest BCUT2D eigenvalue weighted by Crippen LogP contribution is -2.05. The van der Waals surface area contributed by atoms with Gasteiger partial charge in [0, 0.05) is 6.54 Å². The maximum Gasteiger partial charge on any atom is 0.335 e. The minimum absolute atomic E-state index is 0.266. The lowest BCUT2D eigenvalue weighted by molar-refractivity contribution is 0.0697. The summed E-state index contributed by atoms with van der Waals surface area (Å²) in [6.07, 6.45) is 0. The van der Waals surface area contributed by atoms with E-state index in [2.05, 4.69) is 20.5 Å². The van der Waals surface area contributed by atoms with E-state index in [1.807, 2.05) is 24.3 Å². The fourth-order valence-corrected chi connectivity index (χ4v) is 1.90. The highest BCUT2D eigenvalue weighted by Crippen LogP contribution is 2.10. The molecule has 1 aromatic heterocycles. The summed E-state index contributed by atoms with van der Waals surface area (Å²) in [5.74, 6) is -0.493. The monoisotopic (exact) mass is 280 g/mol. The molecule has 104 valence electrons. The van der Waals surface area contributed by atoms with Gasteiger partial charge in [0.05, 0.1) is 11.1 Å². The molecule has 0 atom stereocenters. The van der Waals surface area contributed by atoms with Crippen LogP contribution in [-0.2, 0) is 6.54 Å². The summed E-state index contributed by atoms with van der Waals surface area (Å²) >= 11 is 0. The van der Waals surface area contributed by atoms with Gasteiger partial charge in [0.25, 0.3) is 0 Å². The normalized spacial score (nSPS) is 10.5. The third kappa shape index (κ3) is 2.94. The van der Waals surface area contributed by atoms with Gasteiger partial charge in [-0.25, -0.2) is 9.78 Å². The number of carboxylic acid groups (broad SMARTS) is 1. The van der Waals surface area contributed by atoms with Gasteiger partial charge in [-0.2, -0.15) is 0 Å². The van der Waals surface area contributed by atoms with Gasteiger partial charge >= 0.3 is 5.97 Å². The number of benzene rings is 2. The molecule has 6 heteroatoms. The number of rotatable bonds is 4. The zero-order valence-electron chi connectivity index (χ0n) is 11.0. The molecule has 2 N–H and O–H groups in total. The standard InChI is InChI=1S/C15H12N4O2/c20-14(21)11-7-5-10(6-8-11)9-16-15-17-12-3-1-2-4-13(12)18-19-15/h1-8H,9H2,(H,20,21)(H,16,17,19). The summed E-state index contributed by atoms with van der Waals surface area (Å²) in [4.78, 5) is 15.1. The Morgan fingerprint density at radius 2 is 1.71 bits per heavy atom. The van der Waals surface area contributed by atoms with Crippen LogP contribution in [0.5, 0.6) is 0 Å². The van der Waals surface area contributed by atoms with Crippen molar-refractivity contribution in [1.82, 2.24) is 15.2 Å². The summed E-state index contributed by atoms with van der Waals surface area (Å²) in [6, 6.07) is 14.1. The van der Waals surface area contributed by atoms with Crippen LogP contribution in [0.1, 0.15) is 15.9 Å². The molecular weight excluding hydrogens is 268 g/mol. The molecule has 3 aromatic rings. The lowest BCUT2D eigenvalue weighted by atomic mass is 10.1. The van der Waals surface area contributed by atoms with E-state index in [4.69, 9.17) is 5.11 Å². The number of hydrogen-bond acceptors (Lipinski definition) is 5. The summed E-state index contributed by atoms with van der Waals surface area (Å²) < 4.78 is 0. The Labute approximate surface area is 120 Å². The van der Waals surface area contributed by atoms with Crippen LogP contribution in [0, 0.1) is 0 Å². The van der Waals surface area contributed by atoms with Crippen LogP contribution in [0.3, 0.4) is 0 Å². The third-order valence-corrected chi connectivity index (χ3v) is 3.01. The Hall–Kier alpha value is -3.02. The van der Waals surface area contributed by atoms with E-state index in [1.54, 1.807) is 24.3 Å². The van der Waals surface area contributed by atoms with Gasteiger partial charge in [-0.3, -0.25) is 0 Å². The Morgan fingerprint density at radius 3 is 2.43 bits per heavy atom. The van der Waals surface area contributed by atoms with E-state index in [9.17, 15) is 4.79 Å². The SMILES string of the molecule is O=C(O)c1ccc(CNc2nnc3ccccc3n2)cc1. The zero-order valence-corrected chi connectivity index (χ0v) is 11.0. The van der Waals surface area contributed by atoms with Crippen LogP contribution < -0.4 is 5.32 Å². The molecule has 2 aromatic carbocycles. The second kappa shape index (κ2) is 5.54. The number of carboxylic acids is 1. The van der Waals surface area contributed by atoms with Crippen molar-refractivity contribution < 1.29 is 9.90 Å². The first-order chi connectivity index (χ1) is 10.2. The van der Waals surface area contributed by atoms with Crippen molar-refractivity contribution in [2.45, 2.75) is 6.54 Å². The molecule has 0 spiro atoms. The number of carbonyl (C=O) groups is 1. The van der Waals surface area contributed by atoms with Gasteiger partial charge in [0.2, 0.25) is 5.95 Å². The molecule has 0 aliphatic rings. The van der Waals surface area contributed by atoms with E-state index < -0.39 is 5.97 Å². The largest absolute Gasteiger partial charge is 0.478 e. The minimum atomic E-state index is -0.934. The molecule has 0 saturated heterocycles. The molecule has 0 radical (unpaired) electrons. The van der Waals surface area contributed by atoms with Gasteiger partial charge in [-0.05, 0) is 29.8 Å². The van der Waals surface area contributed by atoms with Crippen LogP contribution in [0.2, 0.25) is 0 Å². The van der Waals surface area contributed by atoms with Gasteiger partial charge in [-0.15, -0.1) is 10.2 Å². The first-order valence-electron chi connectivity index (χ1n) is 6.38. The van der Waals surface area contributed by atoms with Crippen LogP contribution in [0.4, 0.5) is 5.95 Å². The summed E-state index contributed by atoms with van der Waals surface area (Å²) in [6.45, 7) is 0.500. The Bertz CT molecular complexity index is 787.